The number of hydrogen-bond acceptors (Lipinski definition) is 8. The SMILES string of the molecule is C=CC(=O)OCCOC(=O)Nc1cccc(NC(=O)OCCC(O)CO)c1C. The van der Waals surface area contributed by atoms with Crippen LogP contribution in [0.25, 0.3) is 0 Å². The molecule has 0 aliphatic heterocycles. The number of esters is 1. The standard InChI is InChI=1S/C18H24N2O8/c1-3-16(23)26-9-10-28-18(25)20-15-6-4-5-14(12(15)2)19-17(24)27-8-7-13(22)11-21/h3-6,13,21-22H,1,7-11H2,2H3,(H,19,24)(H,20,25). The molecule has 10 nitrogen and oxygen atoms in total. The van der Waals surface area contributed by atoms with Crippen molar-refractivity contribution in [2.75, 3.05) is 37.1 Å². The molecular formula is C18H24N2O8. The van der Waals surface area contributed by atoms with Gasteiger partial charge in [-0.1, -0.05) is 12.6 Å². The average molecular weight is 396 g/mol. The lowest BCUT2D eigenvalue weighted by molar-refractivity contribution is -0.138. The van der Waals surface area contributed by atoms with E-state index in [0.717, 1.165) is 6.08 Å². The van der Waals surface area contributed by atoms with Crippen molar-refractivity contribution >= 4 is 29.5 Å². The van der Waals surface area contributed by atoms with Crippen LogP contribution < -0.4 is 10.6 Å². The van der Waals surface area contributed by atoms with Gasteiger partial charge in [0.05, 0.1) is 19.3 Å². The van der Waals surface area contributed by atoms with Gasteiger partial charge in [0.15, 0.2) is 0 Å². The number of rotatable bonds is 10. The topological polar surface area (TPSA) is 143 Å². The number of amides is 2. The molecule has 0 aliphatic carbocycles. The zero-order chi connectivity index (χ0) is 20.9. The molecule has 0 heterocycles. The molecule has 0 radical (unpaired) electrons. The largest absolute Gasteiger partial charge is 0.459 e. The summed E-state index contributed by atoms with van der Waals surface area (Å²) in [5, 5.41) is 22.9. The first-order valence-electron chi connectivity index (χ1n) is 8.42. The second-order valence-electron chi connectivity index (χ2n) is 5.50. The molecule has 2 amide bonds. The van der Waals surface area contributed by atoms with Crippen LogP contribution in [0.2, 0.25) is 0 Å². The fourth-order valence-corrected chi connectivity index (χ4v) is 1.91. The molecule has 28 heavy (non-hydrogen) atoms. The van der Waals surface area contributed by atoms with E-state index in [-0.39, 0.29) is 26.2 Å². The van der Waals surface area contributed by atoms with Gasteiger partial charge in [-0.15, -0.1) is 0 Å². The summed E-state index contributed by atoms with van der Waals surface area (Å²) in [6, 6.07) is 4.84. The van der Waals surface area contributed by atoms with Gasteiger partial charge in [-0.2, -0.15) is 0 Å². The van der Waals surface area contributed by atoms with Gasteiger partial charge in [-0.3, -0.25) is 10.6 Å². The highest BCUT2D eigenvalue weighted by atomic mass is 16.6. The third-order valence-electron chi connectivity index (χ3n) is 3.43. The van der Waals surface area contributed by atoms with Crippen molar-refractivity contribution in [3.05, 3.63) is 36.4 Å². The minimum absolute atomic E-state index is 0.0622. The number of anilines is 2. The maximum atomic E-state index is 11.8. The summed E-state index contributed by atoms with van der Waals surface area (Å²) < 4.78 is 14.5. The molecule has 0 saturated carbocycles. The molecule has 10 heteroatoms. The lowest BCUT2D eigenvalue weighted by atomic mass is 10.1. The van der Waals surface area contributed by atoms with E-state index in [9.17, 15) is 19.5 Å². The Labute approximate surface area is 162 Å². The van der Waals surface area contributed by atoms with Crippen LogP contribution in [0, 0.1) is 6.92 Å². The van der Waals surface area contributed by atoms with E-state index in [0.29, 0.717) is 16.9 Å². The highest BCUT2D eigenvalue weighted by Crippen LogP contribution is 2.23. The van der Waals surface area contributed by atoms with E-state index in [4.69, 9.17) is 14.6 Å². The number of carbonyl (C=O) groups excluding carboxylic acids is 3. The minimum Gasteiger partial charge on any atom is -0.459 e. The molecule has 1 unspecified atom stereocenters. The van der Waals surface area contributed by atoms with Gasteiger partial charge in [0.1, 0.15) is 13.2 Å². The molecule has 0 saturated heterocycles. The number of aliphatic hydroxyl groups excluding tert-OH is 2. The molecule has 0 aliphatic rings. The molecule has 0 aromatic heterocycles. The van der Waals surface area contributed by atoms with Gasteiger partial charge in [0.2, 0.25) is 0 Å². The van der Waals surface area contributed by atoms with Crippen molar-refractivity contribution < 1.29 is 38.8 Å². The lowest BCUT2D eigenvalue weighted by Gasteiger charge is -2.14. The maximum absolute atomic E-state index is 11.8. The zero-order valence-corrected chi connectivity index (χ0v) is 15.5. The molecule has 1 rings (SSSR count). The zero-order valence-electron chi connectivity index (χ0n) is 15.5. The summed E-state index contributed by atoms with van der Waals surface area (Å²) in [6.45, 7) is 4.21. The summed E-state index contributed by atoms with van der Waals surface area (Å²) in [6.07, 6.45) is -1.33. The van der Waals surface area contributed by atoms with E-state index in [1.807, 2.05) is 0 Å². The van der Waals surface area contributed by atoms with E-state index >= 15 is 0 Å². The number of aliphatic hydroxyl groups is 2. The fraction of sp³-hybridized carbons (Fsp3) is 0.389. The molecule has 154 valence electrons. The lowest BCUT2D eigenvalue weighted by Crippen LogP contribution is -2.20. The molecule has 1 aromatic rings. The second-order valence-corrected chi connectivity index (χ2v) is 5.50. The minimum atomic E-state index is -0.951. The van der Waals surface area contributed by atoms with Crippen molar-refractivity contribution in [1.82, 2.24) is 0 Å². The van der Waals surface area contributed by atoms with Gasteiger partial charge in [-0.25, -0.2) is 14.4 Å². The Morgan fingerprint density at radius 2 is 1.61 bits per heavy atom. The number of hydrogen-bond donors (Lipinski definition) is 4. The Kier molecular flexibility index (Phi) is 10.1. The van der Waals surface area contributed by atoms with E-state index in [2.05, 4.69) is 21.9 Å². The Balaban J connectivity index is 2.50. The van der Waals surface area contributed by atoms with Crippen molar-refractivity contribution in [1.29, 1.82) is 0 Å². The van der Waals surface area contributed by atoms with Crippen LogP contribution in [0.5, 0.6) is 0 Å². The summed E-state index contributed by atoms with van der Waals surface area (Å²) in [5.74, 6) is -0.614. The van der Waals surface area contributed by atoms with Crippen LogP contribution in [0.4, 0.5) is 21.0 Å². The molecule has 1 aromatic carbocycles. The average Bonchev–Trinajstić information content (AvgIpc) is 2.67. The maximum Gasteiger partial charge on any atom is 0.411 e. The molecule has 1 atom stereocenters. The Morgan fingerprint density at radius 1 is 1.07 bits per heavy atom. The predicted molar refractivity (Wildman–Crippen MR) is 100.0 cm³/mol. The first kappa shape index (κ1) is 22.9. The molecular weight excluding hydrogens is 372 g/mol. The number of benzene rings is 1. The Morgan fingerprint density at radius 3 is 2.14 bits per heavy atom. The third kappa shape index (κ3) is 8.52. The quantitative estimate of drug-likeness (QED) is 0.202. The monoisotopic (exact) mass is 396 g/mol. The molecule has 4 N–H and O–H groups in total. The number of ether oxygens (including phenoxy) is 3. The number of carbonyl (C=O) groups is 3. The van der Waals surface area contributed by atoms with Crippen LogP contribution in [-0.4, -0.2) is 60.9 Å². The first-order valence-corrected chi connectivity index (χ1v) is 8.42. The summed E-state index contributed by atoms with van der Waals surface area (Å²) in [7, 11) is 0. The van der Waals surface area contributed by atoms with Crippen LogP contribution in [0.3, 0.4) is 0 Å². The van der Waals surface area contributed by atoms with Crippen LogP contribution in [-0.2, 0) is 19.0 Å². The van der Waals surface area contributed by atoms with Gasteiger partial charge >= 0.3 is 18.2 Å². The summed E-state index contributed by atoms with van der Waals surface area (Å²) >= 11 is 0. The predicted octanol–water partition coefficient (Wildman–Crippen LogP) is 1.56. The normalized spacial score (nSPS) is 11.1. The first-order chi connectivity index (χ1) is 13.4. The van der Waals surface area contributed by atoms with Crippen molar-refractivity contribution in [2.24, 2.45) is 0 Å². The van der Waals surface area contributed by atoms with Crippen LogP contribution >= 0.6 is 0 Å². The summed E-state index contributed by atoms with van der Waals surface area (Å²) in [5.41, 5.74) is 1.37. The van der Waals surface area contributed by atoms with Gasteiger partial charge in [0.25, 0.3) is 0 Å². The molecule has 0 fully saturated rings. The van der Waals surface area contributed by atoms with Crippen molar-refractivity contribution in [3.63, 3.8) is 0 Å². The second kappa shape index (κ2) is 12.3. The van der Waals surface area contributed by atoms with E-state index in [1.165, 1.54) is 0 Å². The fourth-order valence-electron chi connectivity index (χ4n) is 1.91. The van der Waals surface area contributed by atoms with Gasteiger partial charge in [-0.05, 0) is 24.6 Å². The van der Waals surface area contributed by atoms with Crippen molar-refractivity contribution in [3.8, 4) is 0 Å². The van der Waals surface area contributed by atoms with Crippen molar-refractivity contribution in [2.45, 2.75) is 19.4 Å². The Bertz CT molecular complexity index is 692. The van der Waals surface area contributed by atoms with E-state index in [1.54, 1.807) is 25.1 Å². The van der Waals surface area contributed by atoms with E-state index < -0.39 is 30.9 Å². The third-order valence-corrected chi connectivity index (χ3v) is 3.43. The Hall–Kier alpha value is -3.11. The molecule has 0 bridgehead atoms. The molecule has 0 spiro atoms. The summed E-state index contributed by atoms with van der Waals surface area (Å²) in [4.78, 5) is 34.4. The van der Waals surface area contributed by atoms with Crippen LogP contribution in [0.1, 0.15) is 12.0 Å². The highest BCUT2D eigenvalue weighted by molar-refractivity contribution is 5.91. The van der Waals surface area contributed by atoms with Gasteiger partial charge < -0.3 is 24.4 Å². The smallest absolute Gasteiger partial charge is 0.411 e. The number of nitrogens with one attached hydrogen (secondary N) is 2. The highest BCUT2D eigenvalue weighted by Gasteiger charge is 2.12. The van der Waals surface area contributed by atoms with Crippen LogP contribution in [0.15, 0.2) is 30.9 Å². The van der Waals surface area contributed by atoms with Gasteiger partial charge in [0, 0.05) is 23.9 Å².